The van der Waals surface area contributed by atoms with Crippen LogP contribution in [0.25, 0.3) is 0 Å². The minimum absolute atomic E-state index is 0.0907. The van der Waals surface area contributed by atoms with Gasteiger partial charge in [-0.1, -0.05) is 6.92 Å². The minimum Gasteiger partial charge on any atom is -0.355 e. The number of carbonyl (C=O) groups excluding carboxylic acids is 2. The van der Waals surface area contributed by atoms with Gasteiger partial charge >= 0.3 is 0 Å². The fourth-order valence-electron chi connectivity index (χ4n) is 1.99. The quantitative estimate of drug-likeness (QED) is 0.880. The number of benzene rings is 1. The van der Waals surface area contributed by atoms with Gasteiger partial charge in [-0.05, 0) is 24.6 Å². The maximum atomic E-state index is 12.2. The van der Waals surface area contributed by atoms with E-state index in [-0.39, 0.29) is 28.5 Å². The zero-order valence-corrected chi connectivity index (χ0v) is 11.5. The normalized spacial score (nSPS) is 16.3. The molecule has 0 unspecified atom stereocenters. The highest BCUT2D eigenvalue weighted by atomic mass is 32.2. The van der Waals surface area contributed by atoms with E-state index in [1.54, 1.807) is 6.92 Å². The molecule has 0 spiro atoms. The molecule has 0 fully saturated rings. The molecule has 1 aromatic rings. The Morgan fingerprint density at radius 2 is 2.05 bits per heavy atom. The smallest absolute Gasteiger partial charge is 0.269 e. The van der Waals surface area contributed by atoms with E-state index in [0.717, 1.165) is 4.31 Å². The molecule has 0 radical (unpaired) electrons. The number of nitrogens with zero attached hydrogens (tertiary/aromatic N) is 1. The van der Waals surface area contributed by atoms with Crippen LogP contribution < -0.4 is 5.32 Å². The average Bonchev–Trinajstić information content (AvgIpc) is 2.59. The van der Waals surface area contributed by atoms with Crippen LogP contribution in [-0.4, -0.2) is 38.1 Å². The lowest BCUT2D eigenvalue weighted by molar-refractivity contribution is 0.0869. The molecule has 1 heterocycles. The zero-order valence-electron chi connectivity index (χ0n) is 10.6. The van der Waals surface area contributed by atoms with Gasteiger partial charge in [0, 0.05) is 19.2 Å². The summed E-state index contributed by atoms with van der Waals surface area (Å²) in [6.07, 6.45) is 0.543. The molecule has 0 bridgehead atoms. The van der Waals surface area contributed by atoms with Crippen LogP contribution in [-0.2, 0) is 10.0 Å². The largest absolute Gasteiger partial charge is 0.355 e. The zero-order chi connectivity index (χ0) is 14.2. The second-order valence-corrected chi connectivity index (χ2v) is 6.00. The summed E-state index contributed by atoms with van der Waals surface area (Å²) >= 11 is 0. The molecule has 1 N–H and O–H groups in total. The summed E-state index contributed by atoms with van der Waals surface area (Å²) in [5, 5.41) is 2.42. The number of rotatable bonds is 3. The summed E-state index contributed by atoms with van der Waals surface area (Å²) in [6, 6.07) is 4.08. The average molecular weight is 282 g/mol. The van der Waals surface area contributed by atoms with Crippen molar-refractivity contribution in [3.63, 3.8) is 0 Å². The summed E-state index contributed by atoms with van der Waals surface area (Å²) in [5.74, 6) is -0.917. The second kappa shape index (κ2) is 4.65. The highest BCUT2D eigenvalue weighted by Gasteiger charge is 2.40. The lowest BCUT2D eigenvalue weighted by atomic mass is 10.1. The molecule has 0 atom stereocenters. The van der Waals surface area contributed by atoms with Gasteiger partial charge in [-0.15, -0.1) is 0 Å². The number of fused-ring (bicyclic) bond motifs is 1. The first-order valence-corrected chi connectivity index (χ1v) is 7.30. The molecule has 2 amide bonds. The molecule has 19 heavy (non-hydrogen) atoms. The molecule has 0 aromatic heterocycles. The van der Waals surface area contributed by atoms with Crippen molar-refractivity contribution in [2.75, 3.05) is 13.6 Å². The van der Waals surface area contributed by atoms with Crippen molar-refractivity contribution in [2.45, 2.75) is 18.2 Å². The number of hydrogen-bond acceptors (Lipinski definition) is 4. The van der Waals surface area contributed by atoms with Gasteiger partial charge in [-0.25, -0.2) is 12.7 Å². The number of carbonyl (C=O) groups is 2. The monoisotopic (exact) mass is 282 g/mol. The first kappa shape index (κ1) is 13.5. The third-order valence-corrected chi connectivity index (χ3v) is 4.74. The van der Waals surface area contributed by atoms with E-state index >= 15 is 0 Å². The summed E-state index contributed by atoms with van der Waals surface area (Å²) in [6.45, 7) is 1.94. The van der Waals surface area contributed by atoms with Gasteiger partial charge < -0.3 is 5.32 Å². The van der Waals surface area contributed by atoms with E-state index in [2.05, 4.69) is 5.32 Å². The number of amides is 2. The van der Waals surface area contributed by atoms with Crippen molar-refractivity contribution in [3.8, 4) is 0 Å². The summed E-state index contributed by atoms with van der Waals surface area (Å²) in [5.41, 5.74) is 0.345. The highest BCUT2D eigenvalue weighted by Crippen LogP contribution is 2.31. The third-order valence-electron chi connectivity index (χ3n) is 2.92. The Labute approximate surface area is 111 Å². The van der Waals surface area contributed by atoms with Gasteiger partial charge in [0.25, 0.3) is 21.8 Å². The van der Waals surface area contributed by atoms with Gasteiger partial charge in [-0.3, -0.25) is 9.59 Å². The predicted molar refractivity (Wildman–Crippen MR) is 68.3 cm³/mol. The standard InChI is InChI=1S/C12H14N2O4S/c1-3-6-14-12(16)9-5-4-8(11(15)13-2)7-10(9)19(14,17)18/h4-5,7H,3,6H2,1-2H3,(H,13,15). The number of hydrogen-bond donors (Lipinski definition) is 1. The van der Waals surface area contributed by atoms with E-state index in [4.69, 9.17) is 0 Å². The molecule has 1 aliphatic rings. The van der Waals surface area contributed by atoms with E-state index < -0.39 is 15.9 Å². The fourth-order valence-corrected chi connectivity index (χ4v) is 3.67. The Kier molecular flexibility index (Phi) is 3.32. The highest BCUT2D eigenvalue weighted by molar-refractivity contribution is 7.90. The van der Waals surface area contributed by atoms with E-state index in [0.29, 0.717) is 6.42 Å². The Morgan fingerprint density at radius 3 is 2.63 bits per heavy atom. The first-order valence-electron chi connectivity index (χ1n) is 5.86. The summed E-state index contributed by atoms with van der Waals surface area (Å²) in [4.78, 5) is 23.4. The Balaban J connectivity index is 2.57. The van der Waals surface area contributed by atoms with Crippen LogP contribution in [0.3, 0.4) is 0 Å². The molecule has 0 saturated heterocycles. The summed E-state index contributed by atoms with van der Waals surface area (Å²) in [7, 11) is -2.36. The molecular formula is C12H14N2O4S. The van der Waals surface area contributed by atoms with Crippen molar-refractivity contribution in [1.29, 1.82) is 0 Å². The van der Waals surface area contributed by atoms with Crippen LogP contribution in [0.15, 0.2) is 23.1 Å². The fraction of sp³-hybridized carbons (Fsp3) is 0.333. The molecule has 6 nitrogen and oxygen atoms in total. The summed E-state index contributed by atoms with van der Waals surface area (Å²) < 4.78 is 25.3. The van der Waals surface area contributed by atoms with Crippen molar-refractivity contribution in [2.24, 2.45) is 0 Å². The number of sulfonamides is 1. The number of nitrogens with one attached hydrogen (secondary N) is 1. The van der Waals surface area contributed by atoms with Crippen molar-refractivity contribution < 1.29 is 18.0 Å². The van der Waals surface area contributed by atoms with Crippen LogP contribution >= 0.6 is 0 Å². The van der Waals surface area contributed by atoms with Crippen molar-refractivity contribution in [3.05, 3.63) is 29.3 Å². The molecule has 1 aliphatic heterocycles. The van der Waals surface area contributed by atoms with E-state index in [9.17, 15) is 18.0 Å². The molecule has 7 heteroatoms. The molecule has 0 saturated carbocycles. The third kappa shape index (κ3) is 1.99. The van der Waals surface area contributed by atoms with Crippen LogP contribution in [0.1, 0.15) is 34.1 Å². The van der Waals surface area contributed by atoms with E-state index in [1.165, 1.54) is 25.2 Å². The van der Waals surface area contributed by atoms with E-state index in [1.807, 2.05) is 0 Å². The maximum absolute atomic E-state index is 12.2. The van der Waals surface area contributed by atoms with Crippen LogP contribution in [0.4, 0.5) is 0 Å². The topological polar surface area (TPSA) is 83.6 Å². The maximum Gasteiger partial charge on any atom is 0.269 e. The van der Waals surface area contributed by atoms with Gasteiger partial charge in [0.05, 0.1) is 5.56 Å². The molecule has 102 valence electrons. The van der Waals surface area contributed by atoms with Crippen LogP contribution in [0.5, 0.6) is 0 Å². The van der Waals surface area contributed by atoms with Gasteiger partial charge in [0.1, 0.15) is 4.90 Å². The molecule has 0 aliphatic carbocycles. The predicted octanol–water partition coefficient (Wildman–Crippen LogP) is 0.601. The second-order valence-electron chi connectivity index (χ2n) is 4.17. The lowest BCUT2D eigenvalue weighted by Gasteiger charge is -2.13. The van der Waals surface area contributed by atoms with Crippen LogP contribution in [0.2, 0.25) is 0 Å². The molecular weight excluding hydrogens is 268 g/mol. The Morgan fingerprint density at radius 1 is 1.37 bits per heavy atom. The molecule has 1 aromatic carbocycles. The lowest BCUT2D eigenvalue weighted by Crippen LogP contribution is -2.30. The molecule has 2 rings (SSSR count). The SMILES string of the molecule is CCCN1C(=O)c2ccc(C(=O)NC)cc2S1(=O)=O. The van der Waals surface area contributed by atoms with Gasteiger partial charge in [-0.2, -0.15) is 0 Å². The van der Waals surface area contributed by atoms with Crippen LogP contribution in [0, 0.1) is 0 Å². The van der Waals surface area contributed by atoms with Crippen molar-refractivity contribution in [1.82, 2.24) is 9.62 Å². The Bertz CT molecular complexity index is 652. The van der Waals surface area contributed by atoms with Gasteiger partial charge in [0.15, 0.2) is 0 Å². The van der Waals surface area contributed by atoms with Gasteiger partial charge in [0.2, 0.25) is 0 Å². The Hall–Kier alpha value is -1.89. The first-order chi connectivity index (χ1) is 8.93. The van der Waals surface area contributed by atoms with Crippen molar-refractivity contribution >= 4 is 21.8 Å². The minimum atomic E-state index is -3.82.